The van der Waals surface area contributed by atoms with Gasteiger partial charge in [0, 0.05) is 5.56 Å². The number of nitrogens with zero attached hydrogens (tertiary/aromatic N) is 3. The summed E-state index contributed by atoms with van der Waals surface area (Å²) in [5.41, 5.74) is 3.57. The number of rotatable bonds is 8. The molecule has 0 fully saturated rings. The quantitative estimate of drug-likeness (QED) is 0.315. The van der Waals surface area contributed by atoms with Gasteiger partial charge < -0.3 is 4.74 Å². The summed E-state index contributed by atoms with van der Waals surface area (Å²) in [5.74, 6) is 0.424. The third-order valence-corrected chi connectivity index (χ3v) is 4.08. The summed E-state index contributed by atoms with van der Waals surface area (Å²) in [6, 6.07) is 15.1. The van der Waals surface area contributed by atoms with E-state index < -0.39 is 24.2 Å². The Bertz CT molecular complexity index is 974. The highest BCUT2D eigenvalue weighted by Crippen LogP contribution is 2.27. The maximum absolute atomic E-state index is 13.2. The van der Waals surface area contributed by atoms with Crippen molar-refractivity contribution in [2.45, 2.75) is 19.4 Å². The van der Waals surface area contributed by atoms with E-state index in [2.05, 4.69) is 15.6 Å². The first kappa shape index (κ1) is 20.4. The Hall–Kier alpha value is -3.36. The van der Waals surface area contributed by atoms with E-state index in [0.29, 0.717) is 16.9 Å². The lowest BCUT2D eigenvalue weighted by Crippen LogP contribution is -2.08. The van der Waals surface area contributed by atoms with Crippen LogP contribution >= 0.6 is 0 Å². The summed E-state index contributed by atoms with van der Waals surface area (Å²) in [6.07, 6.45) is -4.31. The molecule has 0 saturated heterocycles. The van der Waals surface area contributed by atoms with Crippen LogP contribution in [0.15, 0.2) is 59.7 Å². The fourth-order valence-corrected chi connectivity index (χ4v) is 2.72. The van der Waals surface area contributed by atoms with E-state index in [1.165, 1.54) is 7.11 Å². The molecule has 9 heteroatoms. The van der Waals surface area contributed by atoms with Crippen molar-refractivity contribution in [2.24, 2.45) is 5.10 Å². The Morgan fingerprint density at radius 1 is 1.07 bits per heavy atom. The zero-order valence-electron chi connectivity index (χ0n) is 15.4. The van der Waals surface area contributed by atoms with Gasteiger partial charge in [0.25, 0.3) is 12.9 Å². The number of benzene rings is 2. The smallest absolute Gasteiger partial charge is 0.282 e. The van der Waals surface area contributed by atoms with Gasteiger partial charge in [-0.05, 0) is 42.0 Å². The summed E-state index contributed by atoms with van der Waals surface area (Å²) < 4.78 is 58.4. The number of hydrogen-bond acceptors (Lipinski definition) is 4. The van der Waals surface area contributed by atoms with E-state index in [9.17, 15) is 17.6 Å². The van der Waals surface area contributed by atoms with E-state index in [-0.39, 0.29) is 6.54 Å². The number of hydrazone groups is 1. The molecule has 5 nitrogen and oxygen atoms in total. The van der Waals surface area contributed by atoms with E-state index in [1.54, 1.807) is 24.4 Å². The van der Waals surface area contributed by atoms with Crippen molar-refractivity contribution in [3.05, 3.63) is 77.1 Å². The Morgan fingerprint density at radius 2 is 1.83 bits per heavy atom. The molecule has 1 heterocycles. The van der Waals surface area contributed by atoms with Crippen molar-refractivity contribution < 1.29 is 22.3 Å². The summed E-state index contributed by atoms with van der Waals surface area (Å²) in [4.78, 5) is 0. The molecule has 0 aliphatic rings. The van der Waals surface area contributed by atoms with Gasteiger partial charge in [-0.3, -0.25) is 10.1 Å². The van der Waals surface area contributed by atoms with Crippen LogP contribution in [0.5, 0.6) is 5.75 Å². The first-order valence-corrected chi connectivity index (χ1v) is 8.63. The number of hydrogen-bond donors (Lipinski definition) is 1. The number of alkyl halides is 4. The largest absolute Gasteiger partial charge is 0.496 e. The van der Waals surface area contributed by atoms with Gasteiger partial charge in [0.05, 0.1) is 25.6 Å². The molecule has 0 spiro atoms. The molecule has 0 aliphatic carbocycles. The Kier molecular flexibility index (Phi) is 6.48. The van der Waals surface area contributed by atoms with Crippen molar-refractivity contribution in [1.29, 1.82) is 0 Å². The van der Waals surface area contributed by atoms with Crippen LogP contribution in [0.3, 0.4) is 0 Å². The van der Waals surface area contributed by atoms with Gasteiger partial charge in [0.15, 0.2) is 0 Å². The standard InChI is InChI=1S/C20H18F4N4O/c1-29-18-8-7-13(11-25-26-15-5-3-2-4-6-15)9-14(18)12-28-17(20(23)24)10-16(27-28)19(21)22/h2-11,19-20,26H,12H2,1H3. The van der Waals surface area contributed by atoms with Crippen LogP contribution in [0.25, 0.3) is 0 Å². The fourth-order valence-electron chi connectivity index (χ4n) is 2.72. The molecule has 1 aromatic heterocycles. The lowest BCUT2D eigenvalue weighted by atomic mass is 10.1. The molecule has 0 aliphatic heterocycles. The van der Waals surface area contributed by atoms with Crippen LogP contribution in [0.1, 0.15) is 35.4 Å². The normalized spacial score (nSPS) is 11.6. The maximum atomic E-state index is 13.2. The second-order valence-electron chi connectivity index (χ2n) is 6.06. The predicted molar refractivity (Wildman–Crippen MR) is 102 cm³/mol. The van der Waals surface area contributed by atoms with E-state index in [0.717, 1.165) is 16.4 Å². The van der Waals surface area contributed by atoms with Crippen LogP contribution in [0.2, 0.25) is 0 Å². The van der Waals surface area contributed by atoms with E-state index >= 15 is 0 Å². The number of aromatic nitrogens is 2. The van der Waals surface area contributed by atoms with Crippen molar-refractivity contribution in [1.82, 2.24) is 9.78 Å². The van der Waals surface area contributed by atoms with Gasteiger partial charge in [0.1, 0.15) is 17.1 Å². The molecule has 0 unspecified atom stereocenters. The molecule has 3 rings (SSSR count). The molecule has 0 amide bonds. The molecule has 1 N–H and O–H groups in total. The lowest BCUT2D eigenvalue weighted by molar-refractivity contribution is 0.139. The molecule has 0 bridgehead atoms. The summed E-state index contributed by atoms with van der Waals surface area (Å²) in [7, 11) is 1.44. The van der Waals surface area contributed by atoms with Crippen LogP contribution in [0.4, 0.5) is 23.2 Å². The van der Waals surface area contributed by atoms with Gasteiger partial charge >= 0.3 is 0 Å². The molecule has 152 valence electrons. The third-order valence-electron chi connectivity index (χ3n) is 4.08. The van der Waals surface area contributed by atoms with Crippen LogP contribution in [-0.2, 0) is 6.54 Å². The number of halogens is 4. The first-order valence-electron chi connectivity index (χ1n) is 8.63. The Morgan fingerprint density at radius 3 is 2.48 bits per heavy atom. The lowest BCUT2D eigenvalue weighted by Gasteiger charge is -2.12. The zero-order chi connectivity index (χ0) is 20.8. The molecule has 2 aromatic carbocycles. The second-order valence-corrected chi connectivity index (χ2v) is 6.06. The fraction of sp³-hybridized carbons (Fsp3) is 0.200. The molecule has 0 radical (unpaired) electrons. The molecule has 29 heavy (non-hydrogen) atoms. The summed E-state index contributed by atoms with van der Waals surface area (Å²) in [6.45, 7) is -0.149. The average Bonchev–Trinajstić information content (AvgIpc) is 3.14. The minimum absolute atomic E-state index is 0.149. The monoisotopic (exact) mass is 406 g/mol. The highest BCUT2D eigenvalue weighted by molar-refractivity contribution is 5.81. The van der Waals surface area contributed by atoms with Crippen molar-refractivity contribution in [3.63, 3.8) is 0 Å². The van der Waals surface area contributed by atoms with Crippen LogP contribution in [0, 0.1) is 0 Å². The predicted octanol–water partition coefficient (Wildman–Crippen LogP) is 5.26. The minimum Gasteiger partial charge on any atom is -0.496 e. The van der Waals surface area contributed by atoms with Crippen LogP contribution < -0.4 is 10.2 Å². The molecular formula is C20H18F4N4O. The number of anilines is 1. The van der Waals surface area contributed by atoms with Crippen molar-refractivity contribution >= 4 is 11.9 Å². The van der Waals surface area contributed by atoms with Gasteiger partial charge in [0.2, 0.25) is 0 Å². The highest BCUT2D eigenvalue weighted by atomic mass is 19.3. The van der Waals surface area contributed by atoms with E-state index in [4.69, 9.17) is 4.74 Å². The summed E-state index contributed by atoms with van der Waals surface area (Å²) in [5, 5.41) is 7.75. The average molecular weight is 406 g/mol. The number of ether oxygens (including phenoxy) is 1. The SMILES string of the molecule is COc1ccc(C=NNc2ccccc2)cc1Cn1nc(C(F)F)cc1C(F)F. The van der Waals surface area contributed by atoms with Gasteiger partial charge in [-0.1, -0.05) is 18.2 Å². The van der Waals surface area contributed by atoms with Gasteiger partial charge in [-0.25, -0.2) is 17.6 Å². The molecule has 3 aromatic rings. The third kappa shape index (κ3) is 5.13. The zero-order valence-corrected chi connectivity index (χ0v) is 15.4. The van der Waals surface area contributed by atoms with Crippen molar-refractivity contribution in [2.75, 3.05) is 12.5 Å². The van der Waals surface area contributed by atoms with Crippen LogP contribution in [-0.4, -0.2) is 23.1 Å². The number of para-hydroxylation sites is 1. The summed E-state index contributed by atoms with van der Waals surface area (Å²) >= 11 is 0. The number of methoxy groups -OCH3 is 1. The van der Waals surface area contributed by atoms with Gasteiger partial charge in [-0.2, -0.15) is 10.2 Å². The minimum atomic E-state index is -2.93. The highest BCUT2D eigenvalue weighted by Gasteiger charge is 2.22. The topological polar surface area (TPSA) is 51.4 Å². The molecule has 0 saturated carbocycles. The van der Waals surface area contributed by atoms with Crippen molar-refractivity contribution in [3.8, 4) is 5.75 Å². The number of nitrogens with one attached hydrogen (secondary N) is 1. The first-order chi connectivity index (χ1) is 14.0. The Balaban J connectivity index is 1.84. The van der Waals surface area contributed by atoms with Gasteiger partial charge in [-0.15, -0.1) is 0 Å². The van der Waals surface area contributed by atoms with E-state index in [1.807, 2.05) is 30.3 Å². The molecular weight excluding hydrogens is 388 g/mol. The Labute approximate surface area is 164 Å². The second kappa shape index (κ2) is 9.22. The maximum Gasteiger partial charge on any atom is 0.282 e. The molecule has 0 atom stereocenters.